The smallest absolute Gasteiger partial charge is 0.109 e. The molecule has 3 aromatic rings. The van der Waals surface area contributed by atoms with Gasteiger partial charge in [-0.25, -0.2) is 4.52 Å². The fourth-order valence-corrected chi connectivity index (χ4v) is 2.64. The van der Waals surface area contributed by atoms with Crippen LogP contribution in [0.4, 0.5) is 0 Å². The first-order valence-corrected chi connectivity index (χ1v) is 6.14. The van der Waals surface area contributed by atoms with Crippen LogP contribution in [0.15, 0.2) is 36.2 Å². The van der Waals surface area contributed by atoms with Crippen LogP contribution >= 0.6 is 11.3 Å². The van der Waals surface area contributed by atoms with Gasteiger partial charge in [-0.15, -0.1) is 11.3 Å². The fraction of sp³-hybridized carbons (Fsp3) is 0.167. The normalized spacial score (nSPS) is 13.1. The molecule has 5 heteroatoms. The zero-order valence-electron chi connectivity index (χ0n) is 9.24. The van der Waals surface area contributed by atoms with Gasteiger partial charge in [0.05, 0.1) is 17.9 Å². The first-order chi connectivity index (χ1) is 8.27. The third-order valence-corrected chi connectivity index (χ3v) is 3.70. The zero-order chi connectivity index (χ0) is 11.8. The summed E-state index contributed by atoms with van der Waals surface area (Å²) in [5.41, 5.74) is 2.57. The minimum Gasteiger partial charge on any atom is -0.383 e. The maximum Gasteiger partial charge on any atom is 0.109 e. The molecule has 0 aliphatic heterocycles. The van der Waals surface area contributed by atoms with E-state index in [4.69, 9.17) is 0 Å². The Hall–Kier alpha value is -1.72. The molecule has 3 aromatic heterocycles. The third kappa shape index (κ3) is 1.64. The van der Waals surface area contributed by atoms with Gasteiger partial charge < -0.3 is 5.11 Å². The summed E-state index contributed by atoms with van der Waals surface area (Å²) in [6, 6.07) is 1.95. The third-order valence-electron chi connectivity index (χ3n) is 2.84. The van der Waals surface area contributed by atoms with Crippen LogP contribution < -0.4 is 0 Å². The highest BCUT2D eigenvalue weighted by Gasteiger charge is 2.18. The largest absolute Gasteiger partial charge is 0.383 e. The standard InChI is InChI=1S/C12H11N3OS/c1-8-9(2-5-17-8)12(16)10-6-14-15-4-3-13-7-11(10)15/h2-7,12,16H,1H3. The molecule has 0 spiro atoms. The van der Waals surface area contributed by atoms with Gasteiger partial charge in [0.15, 0.2) is 0 Å². The lowest BCUT2D eigenvalue weighted by atomic mass is 10.0. The topological polar surface area (TPSA) is 50.4 Å². The second-order valence-corrected chi connectivity index (χ2v) is 4.96. The van der Waals surface area contributed by atoms with Crippen LogP contribution in [0.2, 0.25) is 0 Å². The van der Waals surface area contributed by atoms with Crippen molar-refractivity contribution < 1.29 is 5.11 Å². The van der Waals surface area contributed by atoms with Crippen molar-refractivity contribution in [2.75, 3.05) is 0 Å². The number of aryl methyl sites for hydroxylation is 1. The van der Waals surface area contributed by atoms with Gasteiger partial charge in [0.25, 0.3) is 0 Å². The molecule has 0 amide bonds. The summed E-state index contributed by atoms with van der Waals surface area (Å²) in [6.07, 6.45) is 6.22. The Kier molecular flexibility index (Phi) is 2.42. The summed E-state index contributed by atoms with van der Waals surface area (Å²) >= 11 is 1.63. The molecule has 1 N–H and O–H groups in total. The summed E-state index contributed by atoms with van der Waals surface area (Å²) in [6.45, 7) is 2.01. The Balaban J connectivity index is 2.13. The molecule has 0 fully saturated rings. The van der Waals surface area contributed by atoms with Gasteiger partial charge in [-0.1, -0.05) is 0 Å². The van der Waals surface area contributed by atoms with Crippen LogP contribution in [0.3, 0.4) is 0 Å². The number of hydrogen-bond acceptors (Lipinski definition) is 4. The molecule has 0 radical (unpaired) electrons. The van der Waals surface area contributed by atoms with E-state index in [2.05, 4.69) is 10.1 Å². The molecule has 1 atom stereocenters. The number of thiophene rings is 1. The quantitative estimate of drug-likeness (QED) is 0.753. The lowest BCUT2D eigenvalue weighted by molar-refractivity contribution is 0.221. The molecule has 0 aliphatic rings. The number of hydrogen-bond donors (Lipinski definition) is 1. The summed E-state index contributed by atoms with van der Waals surface area (Å²) < 4.78 is 1.72. The van der Waals surface area contributed by atoms with Gasteiger partial charge in [-0.3, -0.25) is 4.98 Å². The molecular weight excluding hydrogens is 234 g/mol. The van der Waals surface area contributed by atoms with Crippen LogP contribution in [0.5, 0.6) is 0 Å². The van der Waals surface area contributed by atoms with Crippen molar-refractivity contribution >= 4 is 16.9 Å². The van der Waals surface area contributed by atoms with Crippen LogP contribution in [0.1, 0.15) is 22.1 Å². The highest BCUT2D eigenvalue weighted by molar-refractivity contribution is 7.10. The highest BCUT2D eigenvalue weighted by Crippen LogP contribution is 2.29. The average Bonchev–Trinajstić information content (AvgIpc) is 2.94. The molecule has 1 unspecified atom stereocenters. The van der Waals surface area contributed by atoms with Gasteiger partial charge in [0.1, 0.15) is 6.10 Å². The number of aliphatic hydroxyl groups excluding tert-OH is 1. The maximum atomic E-state index is 10.4. The number of fused-ring (bicyclic) bond motifs is 1. The van der Waals surface area contributed by atoms with E-state index >= 15 is 0 Å². The van der Waals surface area contributed by atoms with Crippen LogP contribution in [0.25, 0.3) is 5.52 Å². The van der Waals surface area contributed by atoms with Gasteiger partial charge in [0, 0.05) is 22.8 Å². The first-order valence-electron chi connectivity index (χ1n) is 5.26. The van der Waals surface area contributed by atoms with Crippen LogP contribution in [-0.4, -0.2) is 19.7 Å². The Bertz CT molecular complexity index is 658. The van der Waals surface area contributed by atoms with E-state index in [9.17, 15) is 5.11 Å². The number of nitrogens with zero attached hydrogens (tertiary/aromatic N) is 3. The minimum absolute atomic E-state index is 0.636. The molecule has 0 saturated carbocycles. The predicted molar refractivity (Wildman–Crippen MR) is 66.1 cm³/mol. The molecule has 17 heavy (non-hydrogen) atoms. The van der Waals surface area contributed by atoms with E-state index in [0.717, 1.165) is 21.5 Å². The minimum atomic E-state index is -0.636. The molecule has 4 nitrogen and oxygen atoms in total. The SMILES string of the molecule is Cc1sccc1C(O)c1cnn2ccncc12. The summed E-state index contributed by atoms with van der Waals surface area (Å²) in [5.74, 6) is 0. The van der Waals surface area contributed by atoms with Gasteiger partial charge in [-0.05, 0) is 23.9 Å². The molecule has 0 aliphatic carbocycles. The summed E-state index contributed by atoms with van der Waals surface area (Å²) in [5, 5.41) is 16.6. The number of rotatable bonds is 2. The fourth-order valence-electron chi connectivity index (χ4n) is 1.91. The Morgan fingerprint density at radius 1 is 1.35 bits per heavy atom. The number of aromatic nitrogens is 3. The molecule has 0 bridgehead atoms. The van der Waals surface area contributed by atoms with E-state index < -0.39 is 6.10 Å². The predicted octanol–water partition coefficient (Wildman–Crippen LogP) is 2.18. The molecule has 0 aromatic carbocycles. The van der Waals surface area contributed by atoms with Crippen LogP contribution in [0, 0.1) is 6.92 Å². The van der Waals surface area contributed by atoms with Crippen molar-refractivity contribution in [3.63, 3.8) is 0 Å². The highest BCUT2D eigenvalue weighted by atomic mass is 32.1. The van der Waals surface area contributed by atoms with Crippen molar-refractivity contribution in [2.24, 2.45) is 0 Å². The van der Waals surface area contributed by atoms with Gasteiger partial charge in [0.2, 0.25) is 0 Å². The van der Waals surface area contributed by atoms with E-state index in [1.54, 1.807) is 40.6 Å². The number of aliphatic hydroxyl groups is 1. The molecular formula is C12H11N3OS. The van der Waals surface area contributed by atoms with Gasteiger partial charge >= 0.3 is 0 Å². The van der Waals surface area contributed by atoms with Crippen molar-refractivity contribution in [2.45, 2.75) is 13.0 Å². The second-order valence-electron chi connectivity index (χ2n) is 3.84. The lowest BCUT2D eigenvalue weighted by Gasteiger charge is -2.08. The van der Waals surface area contributed by atoms with E-state index in [0.29, 0.717) is 0 Å². The molecule has 0 saturated heterocycles. The van der Waals surface area contributed by atoms with Crippen LogP contribution in [-0.2, 0) is 0 Å². The first kappa shape index (κ1) is 10.4. The Labute approximate surface area is 102 Å². The van der Waals surface area contributed by atoms with Crippen molar-refractivity contribution in [1.29, 1.82) is 0 Å². The second kappa shape index (κ2) is 3.94. The molecule has 86 valence electrons. The summed E-state index contributed by atoms with van der Waals surface area (Å²) in [7, 11) is 0. The summed E-state index contributed by atoms with van der Waals surface area (Å²) in [4.78, 5) is 5.19. The van der Waals surface area contributed by atoms with E-state index in [1.807, 2.05) is 18.4 Å². The lowest BCUT2D eigenvalue weighted by Crippen LogP contribution is -1.99. The Morgan fingerprint density at radius 2 is 2.24 bits per heavy atom. The van der Waals surface area contributed by atoms with Crippen molar-refractivity contribution in [3.8, 4) is 0 Å². The zero-order valence-corrected chi connectivity index (χ0v) is 10.1. The van der Waals surface area contributed by atoms with E-state index in [1.165, 1.54) is 0 Å². The average molecular weight is 245 g/mol. The Morgan fingerprint density at radius 3 is 3.00 bits per heavy atom. The van der Waals surface area contributed by atoms with Gasteiger partial charge in [-0.2, -0.15) is 5.10 Å². The van der Waals surface area contributed by atoms with E-state index in [-0.39, 0.29) is 0 Å². The maximum absolute atomic E-state index is 10.4. The monoisotopic (exact) mass is 245 g/mol. The molecule has 3 rings (SSSR count). The van der Waals surface area contributed by atoms with Crippen molar-refractivity contribution in [3.05, 3.63) is 52.2 Å². The molecule has 3 heterocycles. The van der Waals surface area contributed by atoms with Crippen molar-refractivity contribution in [1.82, 2.24) is 14.6 Å².